The molecule has 19 heavy (non-hydrogen) atoms. The maximum absolute atomic E-state index is 12.1. The molecule has 1 unspecified atom stereocenters. The summed E-state index contributed by atoms with van der Waals surface area (Å²) in [6.45, 7) is 3.08. The van der Waals surface area contributed by atoms with E-state index in [9.17, 15) is 4.79 Å². The molecule has 0 aromatic heterocycles. The molecule has 2 rings (SSSR count). The Bertz CT molecular complexity index is 388. The van der Waals surface area contributed by atoms with E-state index >= 15 is 0 Å². The van der Waals surface area contributed by atoms with Crippen molar-refractivity contribution in [3.05, 3.63) is 35.9 Å². The number of carbonyl (C=O) groups excluding carboxylic acids is 1. The molecule has 0 bridgehead atoms. The summed E-state index contributed by atoms with van der Waals surface area (Å²) < 4.78 is 0. The summed E-state index contributed by atoms with van der Waals surface area (Å²) in [6.07, 6.45) is 2.77. The first-order valence-corrected chi connectivity index (χ1v) is 7.04. The Labute approximate surface area is 115 Å². The van der Waals surface area contributed by atoms with Crippen molar-refractivity contribution in [3.63, 3.8) is 0 Å². The van der Waals surface area contributed by atoms with E-state index in [-0.39, 0.29) is 11.9 Å². The second-order valence-corrected chi connectivity index (χ2v) is 5.09. The van der Waals surface area contributed by atoms with Gasteiger partial charge in [0.25, 0.3) is 0 Å². The van der Waals surface area contributed by atoms with Crippen molar-refractivity contribution < 1.29 is 4.79 Å². The fourth-order valence-electron chi connectivity index (χ4n) is 2.40. The number of carbonyl (C=O) groups is 1. The van der Waals surface area contributed by atoms with Crippen molar-refractivity contribution in [2.24, 2.45) is 5.73 Å². The number of nitrogens with zero attached hydrogens (tertiary/aromatic N) is 1. The Balaban J connectivity index is 1.78. The highest BCUT2D eigenvalue weighted by atomic mass is 16.2. The summed E-state index contributed by atoms with van der Waals surface area (Å²) in [5.41, 5.74) is 6.97. The van der Waals surface area contributed by atoms with Crippen LogP contribution in [0.5, 0.6) is 0 Å². The lowest BCUT2D eigenvalue weighted by atomic mass is 10.1. The maximum Gasteiger partial charge on any atom is 0.224 e. The molecule has 1 saturated heterocycles. The molecule has 3 N–H and O–H groups in total. The number of benzene rings is 1. The van der Waals surface area contributed by atoms with Gasteiger partial charge in [-0.2, -0.15) is 0 Å². The predicted molar refractivity (Wildman–Crippen MR) is 76.6 cm³/mol. The Morgan fingerprint density at radius 2 is 1.95 bits per heavy atom. The van der Waals surface area contributed by atoms with E-state index in [0.29, 0.717) is 13.0 Å². The highest BCUT2D eigenvalue weighted by Gasteiger charge is 2.20. The molecule has 0 radical (unpaired) electrons. The van der Waals surface area contributed by atoms with Crippen LogP contribution in [0.15, 0.2) is 30.3 Å². The molecule has 1 aromatic carbocycles. The van der Waals surface area contributed by atoms with Gasteiger partial charge in [-0.3, -0.25) is 4.79 Å². The maximum atomic E-state index is 12.1. The highest BCUT2D eigenvalue weighted by molar-refractivity contribution is 5.77. The van der Waals surface area contributed by atoms with Crippen LogP contribution in [-0.4, -0.2) is 36.5 Å². The Kier molecular flexibility index (Phi) is 5.36. The van der Waals surface area contributed by atoms with Gasteiger partial charge >= 0.3 is 0 Å². The van der Waals surface area contributed by atoms with Crippen molar-refractivity contribution in [2.45, 2.75) is 31.8 Å². The van der Waals surface area contributed by atoms with Crippen LogP contribution in [-0.2, 0) is 11.3 Å². The van der Waals surface area contributed by atoms with Crippen LogP contribution in [0.2, 0.25) is 0 Å². The minimum absolute atomic E-state index is 0.0632. The molecule has 1 aliphatic heterocycles. The molecule has 1 heterocycles. The quantitative estimate of drug-likeness (QED) is 0.806. The first-order valence-electron chi connectivity index (χ1n) is 7.04. The average molecular weight is 261 g/mol. The molecule has 0 saturated carbocycles. The third-order valence-electron chi connectivity index (χ3n) is 3.60. The topological polar surface area (TPSA) is 58.4 Å². The molecule has 4 heteroatoms. The smallest absolute Gasteiger partial charge is 0.224 e. The molecular weight excluding hydrogens is 238 g/mol. The number of amides is 1. The Morgan fingerprint density at radius 3 is 2.58 bits per heavy atom. The van der Waals surface area contributed by atoms with E-state index in [1.54, 1.807) is 0 Å². The molecule has 4 nitrogen and oxygen atoms in total. The molecule has 1 fully saturated rings. The molecule has 1 aliphatic rings. The monoisotopic (exact) mass is 261 g/mol. The minimum atomic E-state index is 0.0632. The zero-order valence-electron chi connectivity index (χ0n) is 11.3. The fraction of sp³-hybridized carbons (Fsp3) is 0.533. The van der Waals surface area contributed by atoms with Crippen LogP contribution >= 0.6 is 0 Å². The summed E-state index contributed by atoms with van der Waals surface area (Å²) in [7, 11) is 0. The van der Waals surface area contributed by atoms with Gasteiger partial charge in [-0.1, -0.05) is 30.3 Å². The SMILES string of the molecule is NCC(CC(=O)N1CCCC1)NCc1ccccc1. The molecule has 1 aromatic rings. The van der Waals surface area contributed by atoms with E-state index in [0.717, 1.165) is 32.5 Å². The lowest BCUT2D eigenvalue weighted by Gasteiger charge is -2.21. The van der Waals surface area contributed by atoms with Gasteiger partial charge in [0, 0.05) is 38.6 Å². The summed E-state index contributed by atoms with van der Waals surface area (Å²) >= 11 is 0. The zero-order chi connectivity index (χ0) is 13.5. The predicted octanol–water partition coefficient (Wildman–Crippen LogP) is 1.12. The number of hydrogen-bond acceptors (Lipinski definition) is 3. The van der Waals surface area contributed by atoms with Gasteiger partial charge in [0.1, 0.15) is 0 Å². The van der Waals surface area contributed by atoms with Crippen molar-refractivity contribution in [2.75, 3.05) is 19.6 Å². The average Bonchev–Trinajstić information content (AvgIpc) is 2.98. The summed E-state index contributed by atoms with van der Waals surface area (Å²) in [5.74, 6) is 0.230. The first kappa shape index (κ1) is 14.0. The Morgan fingerprint density at radius 1 is 1.26 bits per heavy atom. The van der Waals surface area contributed by atoms with Crippen LogP contribution in [0.4, 0.5) is 0 Å². The minimum Gasteiger partial charge on any atom is -0.343 e. The van der Waals surface area contributed by atoms with Crippen molar-refractivity contribution >= 4 is 5.91 Å². The van der Waals surface area contributed by atoms with Crippen molar-refractivity contribution in [1.82, 2.24) is 10.2 Å². The van der Waals surface area contributed by atoms with Gasteiger partial charge in [0.2, 0.25) is 5.91 Å². The number of hydrogen-bond donors (Lipinski definition) is 2. The van der Waals surface area contributed by atoms with Crippen LogP contribution in [0, 0.1) is 0 Å². The summed E-state index contributed by atoms with van der Waals surface area (Å²) in [6, 6.07) is 10.2. The largest absolute Gasteiger partial charge is 0.343 e. The van der Waals surface area contributed by atoms with Gasteiger partial charge in [0.15, 0.2) is 0 Å². The molecular formula is C15H23N3O. The summed E-state index contributed by atoms with van der Waals surface area (Å²) in [4.78, 5) is 14.0. The van der Waals surface area contributed by atoms with Crippen LogP contribution in [0.25, 0.3) is 0 Å². The molecule has 0 spiro atoms. The van der Waals surface area contributed by atoms with Crippen molar-refractivity contribution in [3.8, 4) is 0 Å². The molecule has 0 aliphatic carbocycles. The van der Waals surface area contributed by atoms with Crippen LogP contribution < -0.4 is 11.1 Å². The number of likely N-dealkylation sites (tertiary alicyclic amines) is 1. The lowest BCUT2D eigenvalue weighted by molar-refractivity contribution is -0.130. The third-order valence-corrected chi connectivity index (χ3v) is 3.60. The van der Waals surface area contributed by atoms with Gasteiger partial charge < -0.3 is 16.0 Å². The zero-order valence-corrected chi connectivity index (χ0v) is 11.3. The van der Waals surface area contributed by atoms with Crippen LogP contribution in [0.3, 0.4) is 0 Å². The lowest BCUT2D eigenvalue weighted by Crippen LogP contribution is -2.41. The third kappa shape index (κ3) is 4.33. The van der Waals surface area contributed by atoms with Gasteiger partial charge in [-0.05, 0) is 18.4 Å². The van der Waals surface area contributed by atoms with E-state index in [4.69, 9.17) is 5.73 Å². The molecule has 1 atom stereocenters. The number of rotatable bonds is 6. The van der Waals surface area contributed by atoms with Gasteiger partial charge in [-0.25, -0.2) is 0 Å². The van der Waals surface area contributed by atoms with Gasteiger partial charge in [0.05, 0.1) is 0 Å². The second-order valence-electron chi connectivity index (χ2n) is 5.09. The fourth-order valence-corrected chi connectivity index (χ4v) is 2.40. The van der Waals surface area contributed by atoms with E-state index in [2.05, 4.69) is 17.4 Å². The normalized spacial score (nSPS) is 16.6. The molecule has 104 valence electrons. The first-order chi connectivity index (χ1) is 9.29. The molecule has 1 amide bonds. The van der Waals surface area contributed by atoms with Crippen LogP contribution in [0.1, 0.15) is 24.8 Å². The van der Waals surface area contributed by atoms with E-state index < -0.39 is 0 Å². The second kappa shape index (κ2) is 7.26. The highest BCUT2D eigenvalue weighted by Crippen LogP contribution is 2.10. The number of nitrogens with two attached hydrogens (primary N) is 1. The van der Waals surface area contributed by atoms with E-state index in [1.807, 2.05) is 23.1 Å². The number of nitrogens with one attached hydrogen (secondary N) is 1. The van der Waals surface area contributed by atoms with Crippen molar-refractivity contribution in [1.29, 1.82) is 0 Å². The Hall–Kier alpha value is -1.39. The van der Waals surface area contributed by atoms with E-state index in [1.165, 1.54) is 5.56 Å². The van der Waals surface area contributed by atoms with Gasteiger partial charge in [-0.15, -0.1) is 0 Å². The summed E-state index contributed by atoms with van der Waals surface area (Å²) in [5, 5.41) is 3.37. The standard InChI is InChI=1S/C15H23N3O/c16-11-14(10-15(19)18-8-4-5-9-18)17-12-13-6-2-1-3-7-13/h1-3,6-7,14,17H,4-5,8-12,16H2.